The molecule has 1 aromatic rings. The molecule has 1 fully saturated rings. The third-order valence-corrected chi connectivity index (χ3v) is 4.03. The molecule has 0 saturated carbocycles. The number of nitrogens with zero attached hydrogens (tertiary/aromatic N) is 1. The van der Waals surface area contributed by atoms with Crippen LogP contribution in [0.15, 0.2) is 18.2 Å². The number of amides is 2. The molecular weight excluding hydrogens is 285 g/mol. The maximum absolute atomic E-state index is 14.0. The second kappa shape index (κ2) is 6.87. The van der Waals surface area contributed by atoms with Crippen molar-refractivity contribution in [3.63, 3.8) is 0 Å². The number of nitrogens with two attached hydrogens (primary N) is 1. The molecule has 0 bridgehead atoms. The highest BCUT2D eigenvalue weighted by Gasteiger charge is 2.30. The lowest BCUT2D eigenvalue weighted by atomic mass is 9.92. The highest BCUT2D eigenvalue weighted by molar-refractivity contribution is 5.97. The molecule has 22 heavy (non-hydrogen) atoms. The third-order valence-electron chi connectivity index (χ3n) is 4.03. The lowest BCUT2D eigenvalue weighted by molar-refractivity contribution is -0.114. The molecule has 2 rings (SSSR count). The molecule has 0 aromatic heterocycles. The van der Waals surface area contributed by atoms with E-state index in [0.717, 1.165) is 12.8 Å². The summed E-state index contributed by atoms with van der Waals surface area (Å²) in [7, 11) is 0. The first kappa shape index (κ1) is 16.4. The number of piperidine rings is 1. The standard InChI is InChI=1S/C16H22FN3O2/c1-10-5-6-20(13(7-10)9-18)16(22)14-8-12(19-11(2)21)3-4-15(14)17/h3-4,8,10,13H,5-7,9,18H2,1-2H3,(H,19,21). The van der Waals surface area contributed by atoms with Crippen molar-refractivity contribution in [1.29, 1.82) is 0 Å². The van der Waals surface area contributed by atoms with E-state index in [9.17, 15) is 14.0 Å². The van der Waals surface area contributed by atoms with Gasteiger partial charge in [-0.25, -0.2) is 4.39 Å². The summed E-state index contributed by atoms with van der Waals surface area (Å²) in [6.07, 6.45) is 1.71. The number of carbonyl (C=O) groups is 2. The molecule has 1 heterocycles. The van der Waals surface area contributed by atoms with Crippen molar-refractivity contribution in [3.8, 4) is 0 Å². The van der Waals surface area contributed by atoms with E-state index in [0.29, 0.717) is 24.7 Å². The average Bonchev–Trinajstić information content (AvgIpc) is 2.48. The van der Waals surface area contributed by atoms with Crippen molar-refractivity contribution < 1.29 is 14.0 Å². The summed E-state index contributed by atoms with van der Waals surface area (Å²) in [5, 5.41) is 2.56. The van der Waals surface area contributed by atoms with E-state index in [-0.39, 0.29) is 23.4 Å². The predicted octanol–water partition coefficient (Wildman–Crippen LogP) is 1.98. The summed E-state index contributed by atoms with van der Waals surface area (Å²) in [6.45, 7) is 4.43. The van der Waals surface area contributed by atoms with Gasteiger partial charge in [0.15, 0.2) is 0 Å². The van der Waals surface area contributed by atoms with Gasteiger partial charge in [0.2, 0.25) is 5.91 Å². The Bertz CT molecular complexity index is 577. The number of likely N-dealkylation sites (tertiary alicyclic amines) is 1. The van der Waals surface area contributed by atoms with Crippen LogP contribution in [-0.2, 0) is 4.79 Å². The van der Waals surface area contributed by atoms with Gasteiger partial charge in [-0.15, -0.1) is 0 Å². The molecule has 0 spiro atoms. The Morgan fingerprint density at radius 2 is 2.18 bits per heavy atom. The van der Waals surface area contributed by atoms with Gasteiger partial charge in [-0.3, -0.25) is 9.59 Å². The maximum atomic E-state index is 14.0. The Balaban J connectivity index is 2.26. The predicted molar refractivity (Wildman–Crippen MR) is 83.0 cm³/mol. The molecule has 1 saturated heterocycles. The second-order valence-electron chi connectivity index (χ2n) is 5.89. The first-order valence-corrected chi connectivity index (χ1v) is 7.50. The summed E-state index contributed by atoms with van der Waals surface area (Å²) >= 11 is 0. The van der Waals surface area contributed by atoms with E-state index < -0.39 is 5.82 Å². The highest BCUT2D eigenvalue weighted by Crippen LogP contribution is 2.25. The number of anilines is 1. The monoisotopic (exact) mass is 307 g/mol. The Hall–Kier alpha value is -1.95. The summed E-state index contributed by atoms with van der Waals surface area (Å²) in [6, 6.07) is 3.94. The molecule has 120 valence electrons. The zero-order chi connectivity index (χ0) is 16.3. The number of carbonyl (C=O) groups excluding carboxylic acids is 2. The van der Waals surface area contributed by atoms with Crippen molar-refractivity contribution in [2.45, 2.75) is 32.7 Å². The van der Waals surface area contributed by atoms with Crippen molar-refractivity contribution in [2.75, 3.05) is 18.4 Å². The molecule has 2 unspecified atom stereocenters. The van der Waals surface area contributed by atoms with Gasteiger partial charge in [-0.2, -0.15) is 0 Å². The smallest absolute Gasteiger partial charge is 0.257 e. The lowest BCUT2D eigenvalue weighted by Gasteiger charge is -2.38. The molecule has 1 aliphatic rings. The van der Waals surface area contributed by atoms with Gasteiger partial charge in [0.25, 0.3) is 5.91 Å². The van der Waals surface area contributed by atoms with Crippen molar-refractivity contribution in [2.24, 2.45) is 11.7 Å². The Morgan fingerprint density at radius 1 is 1.45 bits per heavy atom. The molecule has 2 atom stereocenters. The van der Waals surface area contributed by atoms with E-state index in [1.54, 1.807) is 4.90 Å². The minimum absolute atomic E-state index is 0.0285. The maximum Gasteiger partial charge on any atom is 0.257 e. The van der Waals surface area contributed by atoms with Crippen LogP contribution in [0.1, 0.15) is 37.0 Å². The molecule has 5 nitrogen and oxygen atoms in total. The molecule has 1 aliphatic heterocycles. The first-order valence-electron chi connectivity index (χ1n) is 7.50. The van der Waals surface area contributed by atoms with E-state index >= 15 is 0 Å². The number of benzene rings is 1. The molecule has 2 amide bonds. The SMILES string of the molecule is CC(=O)Nc1ccc(F)c(C(=O)N2CCC(C)CC2CN)c1. The summed E-state index contributed by atoms with van der Waals surface area (Å²) in [5.41, 5.74) is 6.14. The van der Waals surface area contributed by atoms with E-state index in [1.165, 1.54) is 25.1 Å². The van der Waals surface area contributed by atoms with E-state index in [2.05, 4.69) is 12.2 Å². The second-order valence-corrected chi connectivity index (χ2v) is 5.89. The van der Waals surface area contributed by atoms with Crippen LogP contribution in [0.25, 0.3) is 0 Å². The molecule has 0 aliphatic carbocycles. The highest BCUT2D eigenvalue weighted by atomic mass is 19.1. The van der Waals surface area contributed by atoms with Crippen molar-refractivity contribution in [1.82, 2.24) is 4.90 Å². The van der Waals surface area contributed by atoms with Crippen LogP contribution in [0.4, 0.5) is 10.1 Å². The van der Waals surface area contributed by atoms with Gasteiger partial charge >= 0.3 is 0 Å². The summed E-state index contributed by atoms with van der Waals surface area (Å²) in [4.78, 5) is 25.4. The third kappa shape index (κ3) is 3.62. The zero-order valence-electron chi connectivity index (χ0n) is 12.9. The van der Waals surface area contributed by atoms with Crippen LogP contribution in [0.3, 0.4) is 0 Å². The molecular formula is C16H22FN3O2. The van der Waals surface area contributed by atoms with Crippen LogP contribution in [0.2, 0.25) is 0 Å². The molecule has 6 heteroatoms. The van der Waals surface area contributed by atoms with Crippen LogP contribution >= 0.6 is 0 Å². The van der Waals surface area contributed by atoms with E-state index in [1.807, 2.05) is 0 Å². The lowest BCUT2D eigenvalue weighted by Crippen LogP contribution is -2.49. The summed E-state index contributed by atoms with van der Waals surface area (Å²) in [5.74, 6) is -0.717. The van der Waals surface area contributed by atoms with Gasteiger partial charge < -0.3 is 16.0 Å². The molecule has 1 aromatic carbocycles. The van der Waals surface area contributed by atoms with E-state index in [4.69, 9.17) is 5.73 Å². The Morgan fingerprint density at radius 3 is 2.82 bits per heavy atom. The van der Waals surface area contributed by atoms with Gasteiger partial charge in [0.05, 0.1) is 5.56 Å². The fraction of sp³-hybridized carbons (Fsp3) is 0.500. The number of nitrogens with one attached hydrogen (secondary N) is 1. The van der Waals surface area contributed by atoms with Gasteiger partial charge in [0, 0.05) is 31.7 Å². The minimum atomic E-state index is -0.589. The fourth-order valence-electron chi connectivity index (χ4n) is 2.87. The first-order chi connectivity index (χ1) is 10.4. The number of halogens is 1. The number of hydrogen-bond donors (Lipinski definition) is 2. The molecule has 3 N–H and O–H groups in total. The Kier molecular flexibility index (Phi) is 5.13. The number of rotatable bonds is 3. The minimum Gasteiger partial charge on any atom is -0.334 e. The van der Waals surface area contributed by atoms with Gasteiger partial charge in [-0.1, -0.05) is 6.92 Å². The number of hydrogen-bond acceptors (Lipinski definition) is 3. The quantitative estimate of drug-likeness (QED) is 0.896. The average molecular weight is 307 g/mol. The largest absolute Gasteiger partial charge is 0.334 e. The van der Waals surface area contributed by atoms with Crippen LogP contribution in [-0.4, -0.2) is 35.8 Å². The van der Waals surface area contributed by atoms with Gasteiger partial charge in [0.1, 0.15) is 5.82 Å². The van der Waals surface area contributed by atoms with Crippen LogP contribution in [0.5, 0.6) is 0 Å². The van der Waals surface area contributed by atoms with Crippen LogP contribution < -0.4 is 11.1 Å². The normalized spacial score (nSPS) is 21.5. The molecule has 0 radical (unpaired) electrons. The zero-order valence-corrected chi connectivity index (χ0v) is 12.9. The van der Waals surface area contributed by atoms with Crippen molar-refractivity contribution in [3.05, 3.63) is 29.6 Å². The summed E-state index contributed by atoms with van der Waals surface area (Å²) < 4.78 is 14.0. The van der Waals surface area contributed by atoms with Crippen LogP contribution in [0, 0.1) is 11.7 Å². The van der Waals surface area contributed by atoms with Crippen molar-refractivity contribution >= 4 is 17.5 Å². The van der Waals surface area contributed by atoms with Gasteiger partial charge in [-0.05, 0) is 37.0 Å². The fourth-order valence-corrected chi connectivity index (χ4v) is 2.87. The Labute approximate surface area is 129 Å². The topological polar surface area (TPSA) is 75.4 Å².